The van der Waals surface area contributed by atoms with Crippen LogP contribution in [0.25, 0.3) is 11.3 Å². The summed E-state index contributed by atoms with van der Waals surface area (Å²) in [6.07, 6.45) is 0. The lowest BCUT2D eigenvalue weighted by molar-refractivity contribution is 0.107. The average Bonchev–Trinajstić information content (AvgIpc) is 3.06. The summed E-state index contributed by atoms with van der Waals surface area (Å²) < 4.78 is 5.58. The van der Waals surface area contributed by atoms with Crippen molar-refractivity contribution in [2.45, 2.75) is 0 Å². The van der Waals surface area contributed by atoms with Crippen LogP contribution in [0.5, 0.6) is 5.75 Å². The maximum absolute atomic E-state index is 9.25. The zero-order chi connectivity index (χ0) is 19.3. The van der Waals surface area contributed by atoms with Gasteiger partial charge in [0.1, 0.15) is 41.6 Å². The van der Waals surface area contributed by atoms with Crippen LogP contribution in [-0.4, -0.2) is 28.9 Å². The molecule has 0 fully saturated rings. The smallest absolute Gasteiger partial charge is 0.177 e. The van der Waals surface area contributed by atoms with Crippen molar-refractivity contribution in [3.05, 3.63) is 77.2 Å². The maximum atomic E-state index is 9.25. The zero-order valence-electron chi connectivity index (χ0n) is 14.7. The second-order valence-electron chi connectivity index (χ2n) is 5.82. The molecule has 1 aliphatic rings. The molecule has 3 aromatic rings. The zero-order valence-corrected chi connectivity index (χ0v) is 14.7. The van der Waals surface area contributed by atoms with Crippen LogP contribution in [0.2, 0.25) is 0 Å². The van der Waals surface area contributed by atoms with E-state index in [1.807, 2.05) is 66.7 Å². The van der Waals surface area contributed by atoms with E-state index in [9.17, 15) is 10.5 Å². The molecule has 1 aromatic heterocycles. The lowest BCUT2D eigenvalue weighted by Gasteiger charge is -2.05. The summed E-state index contributed by atoms with van der Waals surface area (Å²) in [6, 6.07) is 20.7. The molecule has 0 bridgehead atoms. The number of rotatable bonds is 5. The SMILES string of the molecule is N#Cc1nc2c(nc1C#N)-c1ccccc1C2=NOCCOc1ccccc1. The van der Waals surface area contributed by atoms with E-state index < -0.39 is 0 Å². The molecule has 0 atom stereocenters. The topological polar surface area (TPSA) is 104 Å². The first-order valence-electron chi connectivity index (χ1n) is 8.52. The van der Waals surface area contributed by atoms with Crippen LogP contribution < -0.4 is 4.74 Å². The third-order valence-electron chi connectivity index (χ3n) is 4.11. The van der Waals surface area contributed by atoms with Gasteiger partial charge in [0.25, 0.3) is 0 Å². The standard InChI is InChI=1S/C21H13N5O2/c22-12-17-18(13-23)25-21-19(24-17)15-8-4-5-9-16(15)20(21)26-28-11-10-27-14-6-2-1-3-7-14/h1-9H,10-11H2. The third kappa shape index (κ3) is 3.13. The minimum atomic E-state index is -0.0332. The predicted molar refractivity (Wildman–Crippen MR) is 100 cm³/mol. The molecule has 0 N–H and O–H groups in total. The second kappa shape index (κ2) is 7.56. The van der Waals surface area contributed by atoms with Gasteiger partial charge in [-0.2, -0.15) is 10.5 Å². The van der Waals surface area contributed by atoms with Crippen LogP contribution >= 0.6 is 0 Å². The highest BCUT2D eigenvalue weighted by Crippen LogP contribution is 2.34. The fraction of sp³-hybridized carbons (Fsp3) is 0.0952. The van der Waals surface area contributed by atoms with Crippen molar-refractivity contribution in [1.82, 2.24) is 9.97 Å². The Morgan fingerprint density at radius 3 is 2.14 bits per heavy atom. The van der Waals surface area contributed by atoms with Crippen molar-refractivity contribution in [3.63, 3.8) is 0 Å². The number of hydrogen-bond donors (Lipinski definition) is 0. The van der Waals surface area contributed by atoms with Gasteiger partial charge >= 0.3 is 0 Å². The van der Waals surface area contributed by atoms with Gasteiger partial charge in [0.2, 0.25) is 0 Å². The summed E-state index contributed by atoms with van der Waals surface area (Å²) in [6.45, 7) is 0.572. The number of nitriles is 2. The monoisotopic (exact) mass is 367 g/mol. The number of oxime groups is 1. The van der Waals surface area contributed by atoms with Crippen LogP contribution in [0.4, 0.5) is 0 Å². The van der Waals surface area contributed by atoms with Crippen molar-refractivity contribution in [1.29, 1.82) is 10.5 Å². The van der Waals surface area contributed by atoms with E-state index in [0.29, 0.717) is 23.7 Å². The Bertz CT molecular complexity index is 1140. The van der Waals surface area contributed by atoms with Gasteiger partial charge in [-0.1, -0.05) is 47.6 Å². The molecular weight excluding hydrogens is 354 g/mol. The number of ether oxygens (including phenoxy) is 1. The van der Waals surface area contributed by atoms with E-state index in [-0.39, 0.29) is 18.0 Å². The number of aromatic nitrogens is 2. The van der Waals surface area contributed by atoms with Crippen LogP contribution in [0, 0.1) is 22.7 Å². The quantitative estimate of drug-likeness (QED) is 0.397. The summed E-state index contributed by atoms with van der Waals surface area (Å²) in [5.74, 6) is 0.754. The molecule has 2 aromatic carbocycles. The largest absolute Gasteiger partial charge is 0.490 e. The van der Waals surface area contributed by atoms with Crippen LogP contribution in [-0.2, 0) is 4.84 Å². The molecule has 0 amide bonds. The summed E-state index contributed by atoms with van der Waals surface area (Å²) >= 11 is 0. The van der Waals surface area contributed by atoms with Gasteiger partial charge in [0.05, 0.1) is 0 Å². The van der Waals surface area contributed by atoms with E-state index >= 15 is 0 Å². The van der Waals surface area contributed by atoms with Crippen LogP contribution in [0.15, 0.2) is 59.8 Å². The molecule has 4 rings (SSSR count). The van der Waals surface area contributed by atoms with Crippen molar-refractivity contribution in [2.75, 3.05) is 13.2 Å². The molecule has 134 valence electrons. The second-order valence-corrected chi connectivity index (χ2v) is 5.82. The molecule has 7 heteroatoms. The molecule has 0 saturated heterocycles. The van der Waals surface area contributed by atoms with Crippen LogP contribution in [0.1, 0.15) is 22.6 Å². The van der Waals surface area contributed by atoms with Crippen molar-refractivity contribution < 1.29 is 9.57 Å². The highest BCUT2D eigenvalue weighted by molar-refractivity contribution is 6.22. The van der Waals surface area contributed by atoms with E-state index in [4.69, 9.17) is 9.57 Å². The van der Waals surface area contributed by atoms with Crippen LogP contribution in [0.3, 0.4) is 0 Å². The lowest BCUT2D eigenvalue weighted by Crippen LogP contribution is -2.08. The summed E-state index contributed by atoms with van der Waals surface area (Å²) in [7, 11) is 0. The number of hydrogen-bond acceptors (Lipinski definition) is 7. The Kier molecular flexibility index (Phi) is 4.65. The first kappa shape index (κ1) is 17.2. The van der Waals surface area contributed by atoms with E-state index in [1.165, 1.54) is 0 Å². The summed E-state index contributed by atoms with van der Waals surface area (Å²) in [5.41, 5.74) is 2.99. The number of nitrogens with zero attached hydrogens (tertiary/aromatic N) is 5. The molecular formula is C21H13N5O2. The summed E-state index contributed by atoms with van der Waals surface area (Å²) in [5, 5.41) is 22.7. The lowest BCUT2D eigenvalue weighted by atomic mass is 10.1. The van der Waals surface area contributed by atoms with Gasteiger partial charge in [-0.15, -0.1) is 0 Å². The van der Waals surface area contributed by atoms with Gasteiger partial charge in [-0.25, -0.2) is 9.97 Å². The van der Waals surface area contributed by atoms with Gasteiger partial charge in [-0.05, 0) is 12.1 Å². The Balaban J connectivity index is 1.58. The molecule has 1 heterocycles. The normalized spacial score (nSPS) is 12.6. The van der Waals surface area contributed by atoms with Gasteiger partial charge in [0.15, 0.2) is 18.0 Å². The molecule has 0 aliphatic heterocycles. The van der Waals surface area contributed by atoms with Gasteiger partial charge in [-0.3, -0.25) is 0 Å². The first-order valence-corrected chi connectivity index (χ1v) is 8.52. The molecule has 28 heavy (non-hydrogen) atoms. The summed E-state index contributed by atoms with van der Waals surface area (Å²) in [4.78, 5) is 14.0. The Hall–Kier alpha value is -4.23. The fourth-order valence-electron chi connectivity index (χ4n) is 2.88. The predicted octanol–water partition coefficient (Wildman–Crippen LogP) is 3.05. The maximum Gasteiger partial charge on any atom is 0.177 e. The number of benzene rings is 2. The molecule has 0 saturated carbocycles. The van der Waals surface area contributed by atoms with E-state index in [1.54, 1.807) is 0 Å². The molecule has 0 spiro atoms. The number of fused-ring (bicyclic) bond motifs is 3. The van der Waals surface area contributed by atoms with Crippen molar-refractivity contribution >= 4 is 5.71 Å². The van der Waals surface area contributed by atoms with Crippen molar-refractivity contribution in [2.24, 2.45) is 5.16 Å². The van der Waals surface area contributed by atoms with E-state index in [2.05, 4.69) is 15.1 Å². The average molecular weight is 367 g/mol. The molecule has 1 aliphatic carbocycles. The van der Waals surface area contributed by atoms with Crippen molar-refractivity contribution in [3.8, 4) is 29.1 Å². The number of para-hydroxylation sites is 1. The van der Waals surface area contributed by atoms with Gasteiger partial charge in [0, 0.05) is 11.1 Å². The first-order chi connectivity index (χ1) is 13.8. The molecule has 7 nitrogen and oxygen atoms in total. The van der Waals surface area contributed by atoms with E-state index in [0.717, 1.165) is 16.9 Å². The highest BCUT2D eigenvalue weighted by Gasteiger charge is 2.30. The minimum absolute atomic E-state index is 0.00511. The minimum Gasteiger partial charge on any atom is -0.490 e. The highest BCUT2D eigenvalue weighted by atomic mass is 16.6. The molecule has 0 radical (unpaired) electrons. The molecule has 0 unspecified atom stereocenters. The third-order valence-corrected chi connectivity index (χ3v) is 4.11. The Morgan fingerprint density at radius 1 is 0.786 bits per heavy atom. The fourth-order valence-corrected chi connectivity index (χ4v) is 2.88. The Labute approximate surface area is 161 Å². The Morgan fingerprint density at radius 2 is 1.43 bits per heavy atom. The van der Waals surface area contributed by atoms with Gasteiger partial charge < -0.3 is 9.57 Å².